The third-order valence-electron chi connectivity index (χ3n) is 1.73. The third kappa shape index (κ3) is 6.27. The molecule has 0 aliphatic rings. The first-order valence-corrected chi connectivity index (χ1v) is 5.94. The van der Waals surface area contributed by atoms with E-state index in [0.29, 0.717) is 0 Å². The molecular formula is C8H11F3O5S. The first-order chi connectivity index (χ1) is 7.47. The van der Waals surface area contributed by atoms with Crippen LogP contribution in [0, 0.1) is 0 Å². The molecule has 0 rings (SSSR count). The van der Waals surface area contributed by atoms with Gasteiger partial charge >= 0.3 is 12.1 Å². The van der Waals surface area contributed by atoms with Gasteiger partial charge in [-0.1, -0.05) is 6.08 Å². The Kier molecular flexibility index (Phi) is 5.14. The second kappa shape index (κ2) is 5.50. The van der Waals surface area contributed by atoms with Gasteiger partial charge in [0.1, 0.15) is 5.75 Å². The van der Waals surface area contributed by atoms with Crippen LogP contribution in [0.4, 0.5) is 13.2 Å². The van der Waals surface area contributed by atoms with Crippen LogP contribution < -0.4 is 0 Å². The van der Waals surface area contributed by atoms with Crippen molar-refractivity contribution >= 4 is 16.1 Å². The monoisotopic (exact) mass is 276 g/mol. The molecule has 1 N–H and O–H groups in total. The van der Waals surface area contributed by atoms with Crippen LogP contribution in [0.25, 0.3) is 0 Å². The number of alkyl halides is 3. The number of carbonyl (C=O) groups excluding carboxylic acids is 1. The lowest BCUT2D eigenvalue weighted by Crippen LogP contribution is -2.39. The molecule has 0 heterocycles. The molecule has 9 heteroatoms. The Labute approximate surface area is 96.0 Å². The molecule has 0 aliphatic heterocycles. The second-order valence-corrected chi connectivity index (χ2v) is 4.65. The van der Waals surface area contributed by atoms with E-state index in [1.54, 1.807) is 0 Å². The van der Waals surface area contributed by atoms with Crippen LogP contribution in [0.5, 0.6) is 0 Å². The number of hydrogen-bond donors (Lipinski definition) is 1. The highest BCUT2D eigenvalue weighted by Gasteiger charge is 2.45. The minimum absolute atomic E-state index is 0.102. The van der Waals surface area contributed by atoms with Gasteiger partial charge in [-0.25, -0.2) is 4.79 Å². The molecule has 0 saturated carbocycles. The van der Waals surface area contributed by atoms with Crippen LogP contribution in [0.1, 0.15) is 13.8 Å². The summed E-state index contributed by atoms with van der Waals surface area (Å²) in [6, 6.07) is 0. The topological polar surface area (TPSA) is 80.7 Å². The zero-order chi connectivity index (χ0) is 13.9. The minimum Gasteiger partial charge on any atom is -0.448 e. The SMILES string of the molecule is C/C=C(\C)C(=O)OC(CS(=O)(=O)O)C(F)(F)F. The van der Waals surface area contributed by atoms with Gasteiger partial charge in [-0.05, 0) is 13.8 Å². The molecule has 1 unspecified atom stereocenters. The molecule has 0 aromatic heterocycles. The van der Waals surface area contributed by atoms with Crippen LogP contribution in [0.3, 0.4) is 0 Å². The largest absolute Gasteiger partial charge is 0.448 e. The lowest BCUT2D eigenvalue weighted by molar-refractivity contribution is -0.213. The van der Waals surface area contributed by atoms with E-state index in [1.165, 1.54) is 19.9 Å². The van der Waals surface area contributed by atoms with Crippen LogP contribution in [0.2, 0.25) is 0 Å². The maximum atomic E-state index is 12.3. The Bertz CT molecular complexity index is 409. The summed E-state index contributed by atoms with van der Waals surface area (Å²) in [4.78, 5) is 11.1. The van der Waals surface area contributed by atoms with Gasteiger partial charge in [-0.2, -0.15) is 21.6 Å². The maximum Gasteiger partial charge on any atom is 0.426 e. The van der Waals surface area contributed by atoms with Crippen LogP contribution >= 0.6 is 0 Å². The molecule has 100 valence electrons. The van der Waals surface area contributed by atoms with Crippen molar-refractivity contribution in [3.05, 3.63) is 11.6 Å². The number of esters is 1. The van der Waals surface area contributed by atoms with Gasteiger partial charge in [-0.3, -0.25) is 4.55 Å². The molecule has 17 heavy (non-hydrogen) atoms. The van der Waals surface area contributed by atoms with E-state index in [0.717, 1.165) is 0 Å². The summed E-state index contributed by atoms with van der Waals surface area (Å²) in [6.45, 7) is 2.62. The summed E-state index contributed by atoms with van der Waals surface area (Å²) < 4.78 is 69.9. The molecule has 0 saturated heterocycles. The van der Waals surface area contributed by atoms with Gasteiger partial charge in [0, 0.05) is 5.57 Å². The quantitative estimate of drug-likeness (QED) is 0.476. The first-order valence-electron chi connectivity index (χ1n) is 4.33. The molecular weight excluding hydrogens is 265 g/mol. The van der Waals surface area contributed by atoms with E-state index >= 15 is 0 Å². The second-order valence-electron chi connectivity index (χ2n) is 3.16. The average Bonchev–Trinajstić information content (AvgIpc) is 2.11. The van der Waals surface area contributed by atoms with Crippen molar-refractivity contribution < 1.29 is 35.7 Å². The number of ether oxygens (including phenoxy) is 1. The van der Waals surface area contributed by atoms with Gasteiger partial charge in [0.15, 0.2) is 0 Å². The van der Waals surface area contributed by atoms with E-state index in [4.69, 9.17) is 4.55 Å². The Hall–Kier alpha value is -1.09. The van der Waals surface area contributed by atoms with Crippen molar-refractivity contribution in [3.63, 3.8) is 0 Å². The number of allylic oxidation sites excluding steroid dienone is 1. The van der Waals surface area contributed by atoms with Crippen molar-refractivity contribution in [2.75, 3.05) is 5.75 Å². The molecule has 0 radical (unpaired) electrons. The molecule has 0 aromatic rings. The summed E-state index contributed by atoms with van der Waals surface area (Å²) >= 11 is 0. The van der Waals surface area contributed by atoms with E-state index in [2.05, 4.69) is 4.74 Å². The molecule has 0 bridgehead atoms. The first kappa shape index (κ1) is 15.9. The van der Waals surface area contributed by atoms with E-state index < -0.39 is 34.1 Å². The van der Waals surface area contributed by atoms with E-state index in [9.17, 15) is 26.4 Å². The normalized spacial score (nSPS) is 15.5. The zero-order valence-corrected chi connectivity index (χ0v) is 9.80. The lowest BCUT2D eigenvalue weighted by atomic mass is 10.3. The van der Waals surface area contributed by atoms with Crippen molar-refractivity contribution in [1.29, 1.82) is 0 Å². The summed E-state index contributed by atoms with van der Waals surface area (Å²) in [5.41, 5.74) is -0.102. The minimum atomic E-state index is -5.07. The summed E-state index contributed by atoms with van der Waals surface area (Å²) in [5.74, 6) is -3.02. The fraction of sp³-hybridized carbons (Fsp3) is 0.625. The highest BCUT2D eigenvalue weighted by Crippen LogP contribution is 2.24. The molecule has 0 aromatic carbocycles. The predicted octanol–water partition coefficient (Wildman–Crippen LogP) is 1.31. The van der Waals surface area contributed by atoms with Crippen molar-refractivity contribution in [2.45, 2.75) is 26.1 Å². The highest BCUT2D eigenvalue weighted by atomic mass is 32.2. The fourth-order valence-electron chi connectivity index (χ4n) is 0.727. The Morgan fingerprint density at radius 2 is 1.94 bits per heavy atom. The smallest absolute Gasteiger partial charge is 0.426 e. The highest BCUT2D eigenvalue weighted by molar-refractivity contribution is 7.85. The Balaban J connectivity index is 4.93. The summed E-state index contributed by atoms with van der Waals surface area (Å²) in [7, 11) is -4.90. The van der Waals surface area contributed by atoms with E-state index in [1.807, 2.05) is 0 Å². The molecule has 5 nitrogen and oxygen atoms in total. The van der Waals surface area contributed by atoms with E-state index in [-0.39, 0.29) is 5.57 Å². The Morgan fingerprint density at radius 1 is 1.47 bits per heavy atom. The van der Waals surface area contributed by atoms with Gasteiger partial charge < -0.3 is 4.74 Å². The van der Waals surface area contributed by atoms with Gasteiger partial charge in [0.25, 0.3) is 10.1 Å². The molecule has 1 atom stereocenters. The van der Waals surface area contributed by atoms with Crippen molar-refractivity contribution in [2.24, 2.45) is 0 Å². The van der Waals surface area contributed by atoms with Crippen LogP contribution in [-0.2, 0) is 19.6 Å². The molecule has 0 aliphatic carbocycles. The molecule has 0 amide bonds. The molecule has 0 spiro atoms. The standard InChI is InChI=1S/C8H11F3O5S/c1-3-5(2)7(12)16-6(8(9,10)11)4-17(13,14)15/h3,6H,4H2,1-2H3,(H,13,14,15)/b5-3+. The van der Waals surface area contributed by atoms with Crippen molar-refractivity contribution in [1.82, 2.24) is 0 Å². The average molecular weight is 276 g/mol. The Morgan fingerprint density at radius 3 is 2.24 bits per heavy atom. The fourth-order valence-corrected chi connectivity index (χ4v) is 1.37. The number of carbonyl (C=O) groups is 1. The maximum absolute atomic E-state index is 12.3. The summed E-state index contributed by atoms with van der Waals surface area (Å²) in [6.07, 6.45) is -6.75. The van der Waals surface area contributed by atoms with Gasteiger partial charge in [-0.15, -0.1) is 0 Å². The van der Waals surface area contributed by atoms with Crippen LogP contribution in [-0.4, -0.2) is 37.0 Å². The number of hydrogen-bond acceptors (Lipinski definition) is 4. The lowest BCUT2D eigenvalue weighted by Gasteiger charge is -2.19. The van der Waals surface area contributed by atoms with Gasteiger partial charge in [0.2, 0.25) is 6.10 Å². The van der Waals surface area contributed by atoms with Gasteiger partial charge in [0.05, 0.1) is 0 Å². The summed E-state index contributed by atoms with van der Waals surface area (Å²) in [5, 5.41) is 0. The predicted molar refractivity (Wildman–Crippen MR) is 51.8 cm³/mol. The molecule has 0 fully saturated rings. The van der Waals surface area contributed by atoms with Crippen LogP contribution in [0.15, 0.2) is 11.6 Å². The van der Waals surface area contributed by atoms with Crippen molar-refractivity contribution in [3.8, 4) is 0 Å². The number of rotatable bonds is 4. The number of halogens is 3. The third-order valence-corrected chi connectivity index (χ3v) is 2.46. The zero-order valence-electron chi connectivity index (χ0n) is 8.98.